The highest BCUT2D eigenvalue weighted by atomic mass is 79.9. The van der Waals surface area contributed by atoms with Crippen molar-refractivity contribution in [3.05, 3.63) is 54.5 Å². The zero-order chi connectivity index (χ0) is 14.0. The van der Waals surface area contributed by atoms with E-state index in [4.69, 9.17) is 16.3 Å². The van der Waals surface area contributed by atoms with Crippen LogP contribution in [0.25, 0.3) is 0 Å². The zero-order valence-corrected chi connectivity index (χ0v) is 13.1. The Kier molecular flexibility index (Phi) is 4.38. The van der Waals surface area contributed by atoms with Crippen LogP contribution in [-0.4, -0.2) is 9.91 Å². The summed E-state index contributed by atoms with van der Waals surface area (Å²) in [7, 11) is 0. The normalized spacial score (nSPS) is 10.3. The second-order valence-electron chi connectivity index (χ2n) is 3.39. The summed E-state index contributed by atoms with van der Waals surface area (Å²) >= 11 is 12.3. The third-order valence-electron chi connectivity index (χ3n) is 2.10. The molecule has 5 nitrogen and oxygen atoms in total. The van der Waals surface area contributed by atoms with E-state index in [1.807, 2.05) is 0 Å². The van der Waals surface area contributed by atoms with Crippen LogP contribution in [0.3, 0.4) is 0 Å². The molecule has 0 saturated carbocycles. The molecule has 1 aromatic carbocycles. The highest BCUT2D eigenvalue weighted by Gasteiger charge is 2.19. The average molecular weight is 408 g/mol. The van der Waals surface area contributed by atoms with Gasteiger partial charge in [0.2, 0.25) is 0 Å². The van der Waals surface area contributed by atoms with Gasteiger partial charge >= 0.3 is 11.6 Å². The second kappa shape index (κ2) is 5.85. The van der Waals surface area contributed by atoms with Crippen molar-refractivity contribution in [2.24, 2.45) is 0 Å². The molecule has 1 aromatic heterocycles. The average Bonchev–Trinajstić information content (AvgIpc) is 2.32. The fraction of sp³-hybridized carbons (Fsp3) is 0. The van der Waals surface area contributed by atoms with Crippen LogP contribution >= 0.6 is 43.5 Å². The first kappa shape index (κ1) is 14.2. The lowest BCUT2D eigenvalue weighted by molar-refractivity contribution is -0.386. The molecule has 0 aliphatic rings. The first-order valence-electron chi connectivity index (χ1n) is 4.91. The maximum atomic E-state index is 10.9. The van der Waals surface area contributed by atoms with Crippen molar-refractivity contribution in [2.75, 3.05) is 0 Å². The molecule has 0 atom stereocenters. The second-order valence-corrected chi connectivity index (χ2v) is 5.55. The van der Waals surface area contributed by atoms with Gasteiger partial charge in [0.15, 0.2) is 0 Å². The van der Waals surface area contributed by atoms with Crippen LogP contribution in [0.1, 0.15) is 0 Å². The molecule has 98 valence electrons. The Morgan fingerprint density at radius 3 is 2.63 bits per heavy atom. The van der Waals surface area contributed by atoms with E-state index in [9.17, 15) is 10.1 Å². The molecule has 0 spiro atoms. The minimum atomic E-state index is -0.578. The molecule has 0 aliphatic carbocycles. The topological polar surface area (TPSA) is 65.3 Å². The quantitative estimate of drug-likeness (QED) is 0.409. The molecule has 0 bridgehead atoms. The van der Waals surface area contributed by atoms with Crippen LogP contribution in [0.5, 0.6) is 11.6 Å². The molecular formula is C11H5Br2ClN2O3. The van der Waals surface area contributed by atoms with Gasteiger partial charge in [-0.3, -0.25) is 10.1 Å². The van der Waals surface area contributed by atoms with Crippen molar-refractivity contribution >= 4 is 49.1 Å². The first-order valence-corrected chi connectivity index (χ1v) is 6.87. The van der Waals surface area contributed by atoms with Gasteiger partial charge in [-0.1, -0.05) is 27.5 Å². The monoisotopic (exact) mass is 406 g/mol. The fourth-order valence-corrected chi connectivity index (χ4v) is 2.55. The molecule has 0 fully saturated rings. The maximum absolute atomic E-state index is 10.9. The molecular weight excluding hydrogens is 403 g/mol. The lowest BCUT2D eigenvalue weighted by atomic mass is 10.3. The predicted octanol–water partition coefficient (Wildman–Crippen LogP) is 4.96. The van der Waals surface area contributed by atoms with Crippen molar-refractivity contribution in [1.82, 2.24) is 4.98 Å². The number of nitrogens with zero attached hydrogens (tertiary/aromatic N) is 2. The van der Waals surface area contributed by atoms with Crippen molar-refractivity contribution in [3.8, 4) is 11.6 Å². The summed E-state index contributed by atoms with van der Waals surface area (Å²) in [6.45, 7) is 0. The number of benzene rings is 1. The summed E-state index contributed by atoms with van der Waals surface area (Å²) in [5.74, 6) is 0.251. The number of aromatic nitrogens is 1. The molecule has 0 saturated heterocycles. The van der Waals surface area contributed by atoms with Gasteiger partial charge in [-0.2, -0.15) is 4.98 Å². The molecule has 0 N–H and O–H groups in total. The van der Waals surface area contributed by atoms with Crippen molar-refractivity contribution in [2.45, 2.75) is 0 Å². The van der Waals surface area contributed by atoms with Gasteiger partial charge in [-0.25, -0.2) is 0 Å². The Bertz CT molecular complexity index is 652. The van der Waals surface area contributed by atoms with E-state index >= 15 is 0 Å². The van der Waals surface area contributed by atoms with E-state index in [0.717, 1.165) is 4.47 Å². The first-order chi connectivity index (χ1) is 8.97. The summed E-state index contributed by atoms with van der Waals surface area (Å²) in [5.41, 5.74) is -0.251. The summed E-state index contributed by atoms with van der Waals surface area (Å²) in [6.07, 6.45) is 0. The van der Waals surface area contributed by atoms with E-state index in [0.29, 0.717) is 10.2 Å². The Morgan fingerprint density at radius 1 is 1.26 bits per heavy atom. The standard InChI is InChI=1S/C11H5Br2ClN2O3/c12-6-1-3-9(7(13)5-6)19-11-8(16(17)18)2-4-10(14)15-11/h1-5H. The minimum Gasteiger partial charge on any atom is -0.432 e. The number of hydrogen-bond acceptors (Lipinski definition) is 4. The summed E-state index contributed by atoms with van der Waals surface area (Å²) in [4.78, 5) is 14.1. The molecule has 8 heteroatoms. The van der Waals surface area contributed by atoms with Gasteiger partial charge in [-0.15, -0.1) is 0 Å². The molecule has 0 unspecified atom stereocenters. The summed E-state index contributed by atoms with van der Waals surface area (Å²) < 4.78 is 6.92. The molecule has 0 amide bonds. The summed E-state index contributed by atoms with van der Waals surface area (Å²) in [6, 6.07) is 7.74. The number of rotatable bonds is 3. The van der Waals surface area contributed by atoms with Gasteiger partial charge in [0.05, 0.1) is 9.40 Å². The lowest BCUT2D eigenvalue weighted by Crippen LogP contribution is -1.96. The SMILES string of the molecule is O=[N+]([O-])c1ccc(Cl)nc1Oc1ccc(Br)cc1Br. The Hall–Kier alpha value is -1.18. The van der Waals surface area contributed by atoms with Crippen LogP contribution < -0.4 is 4.74 Å². The highest BCUT2D eigenvalue weighted by Crippen LogP contribution is 2.35. The number of halogens is 3. The van der Waals surface area contributed by atoms with Crippen LogP contribution in [0.4, 0.5) is 5.69 Å². The predicted molar refractivity (Wildman–Crippen MR) is 77.8 cm³/mol. The van der Waals surface area contributed by atoms with Crippen LogP contribution in [-0.2, 0) is 0 Å². The number of nitro groups is 1. The molecule has 2 rings (SSSR count). The number of ether oxygens (including phenoxy) is 1. The Balaban J connectivity index is 2.42. The number of hydrogen-bond donors (Lipinski definition) is 0. The number of pyridine rings is 1. The minimum absolute atomic E-state index is 0.119. The lowest BCUT2D eigenvalue weighted by Gasteiger charge is -2.07. The van der Waals surface area contributed by atoms with Gasteiger partial charge in [0.1, 0.15) is 10.9 Å². The fourth-order valence-electron chi connectivity index (χ4n) is 1.29. The van der Waals surface area contributed by atoms with E-state index < -0.39 is 4.92 Å². The molecule has 0 radical (unpaired) electrons. The smallest absolute Gasteiger partial charge is 0.331 e. The Labute approximate surface area is 130 Å². The van der Waals surface area contributed by atoms with Crippen molar-refractivity contribution < 1.29 is 9.66 Å². The van der Waals surface area contributed by atoms with Gasteiger partial charge in [0, 0.05) is 10.5 Å². The van der Waals surface area contributed by atoms with E-state index in [1.54, 1.807) is 18.2 Å². The molecule has 2 aromatic rings. The molecule has 19 heavy (non-hydrogen) atoms. The van der Waals surface area contributed by atoms with Crippen LogP contribution in [0.15, 0.2) is 39.3 Å². The van der Waals surface area contributed by atoms with E-state index in [1.165, 1.54) is 12.1 Å². The van der Waals surface area contributed by atoms with Crippen LogP contribution in [0, 0.1) is 10.1 Å². The third-order valence-corrected chi connectivity index (χ3v) is 3.43. The van der Waals surface area contributed by atoms with Gasteiger partial charge < -0.3 is 4.74 Å². The van der Waals surface area contributed by atoms with Gasteiger partial charge in [-0.05, 0) is 40.2 Å². The van der Waals surface area contributed by atoms with E-state index in [-0.39, 0.29) is 16.7 Å². The zero-order valence-electron chi connectivity index (χ0n) is 9.14. The molecule has 1 heterocycles. The van der Waals surface area contributed by atoms with Crippen molar-refractivity contribution in [1.29, 1.82) is 0 Å². The van der Waals surface area contributed by atoms with Crippen LogP contribution in [0.2, 0.25) is 5.15 Å². The Morgan fingerprint density at radius 2 is 2.00 bits per heavy atom. The highest BCUT2D eigenvalue weighted by molar-refractivity contribution is 9.11. The van der Waals surface area contributed by atoms with Gasteiger partial charge in [0.25, 0.3) is 0 Å². The third kappa shape index (κ3) is 3.43. The largest absolute Gasteiger partial charge is 0.432 e. The maximum Gasteiger partial charge on any atom is 0.331 e. The van der Waals surface area contributed by atoms with Crippen molar-refractivity contribution in [3.63, 3.8) is 0 Å². The molecule has 0 aliphatic heterocycles. The summed E-state index contributed by atoms with van der Waals surface area (Å²) in [5, 5.41) is 11.0. The van der Waals surface area contributed by atoms with E-state index in [2.05, 4.69) is 36.8 Å².